The van der Waals surface area contributed by atoms with Crippen LogP contribution in [0.1, 0.15) is 5.56 Å². The minimum atomic E-state index is -0.466. The van der Waals surface area contributed by atoms with Crippen LogP contribution in [0.3, 0.4) is 0 Å². The zero-order chi connectivity index (χ0) is 12.7. The molecule has 0 unspecified atom stereocenters. The number of hydrogen-bond donors (Lipinski definition) is 0. The van der Waals surface area contributed by atoms with E-state index in [0.717, 1.165) is 4.90 Å². The average Bonchev–Trinajstić information content (AvgIpc) is 2.35. The lowest BCUT2D eigenvalue weighted by Gasteiger charge is -2.04. The molecule has 0 N–H and O–H groups in total. The molecule has 0 saturated carbocycles. The molecule has 17 heavy (non-hydrogen) atoms. The van der Waals surface area contributed by atoms with Gasteiger partial charge in [0.05, 0.1) is 12.9 Å². The Morgan fingerprint density at radius 1 is 1.29 bits per heavy atom. The van der Waals surface area contributed by atoms with Gasteiger partial charge in [0.15, 0.2) is 5.71 Å². The van der Waals surface area contributed by atoms with Gasteiger partial charge in [-0.3, -0.25) is 0 Å². The number of nitrogens with zero attached hydrogens (tertiary/aromatic N) is 1. The van der Waals surface area contributed by atoms with Gasteiger partial charge in [0.1, 0.15) is 7.11 Å². The second-order valence-corrected chi connectivity index (χ2v) is 4.36. The van der Waals surface area contributed by atoms with Gasteiger partial charge < -0.3 is 9.57 Å². The van der Waals surface area contributed by atoms with Crippen LogP contribution in [0.25, 0.3) is 0 Å². The number of esters is 1. The number of methoxy groups -OCH3 is 1. The van der Waals surface area contributed by atoms with Crippen molar-refractivity contribution in [2.24, 2.45) is 5.16 Å². The second kappa shape index (κ2) is 6.96. The Bertz CT molecular complexity index is 401. The standard InChI is InChI=1S/C12H15NO3S/c1-9-4-6-10(7-5-9)17-8-11(13-16-3)12(14)15-2/h4-7H,8H2,1-3H3. The highest BCUT2D eigenvalue weighted by Crippen LogP contribution is 2.18. The summed E-state index contributed by atoms with van der Waals surface area (Å²) in [6, 6.07) is 8.05. The van der Waals surface area contributed by atoms with Gasteiger partial charge in [-0.05, 0) is 19.1 Å². The third-order valence-electron chi connectivity index (χ3n) is 2.02. The lowest BCUT2D eigenvalue weighted by molar-refractivity contribution is -0.132. The predicted molar refractivity (Wildman–Crippen MR) is 68.4 cm³/mol. The fraction of sp³-hybridized carbons (Fsp3) is 0.333. The molecule has 0 heterocycles. The van der Waals surface area contributed by atoms with E-state index >= 15 is 0 Å². The van der Waals surface area contributed by atoms with E-state index in [-0.39, 0.29) is 5.71 Å². The summed E-state index contributed by atoms with van der Waals surface area (Å²) in [5.41, 5.74) is 1.47. The fourth-order valence-electron chi connectivity index (χ4n) is 1.14. The molecule has 0 atom stereocenters. The lowest BCUT2D eigenvalue weighted by Crippen LogP contribution is -2.18. The van der Waals surface area contributed by atoms with Crippen LogP contribution < -0.4 is 0 Å². The minimum Gasteiger partial charge on any atom is -0.464 e. The third kappa shape index (κ3) is 4.48. The molecule has 0 amide bonds. The highest BCUT2D eigenvalue weighted by molar-refractivity contribution is 8.00. The largest absolute Gasteiger partial charge is 0.464 e. The Morgan fingerprint density at radius 2 is 1.94 bits per heavy atom. The van der Waals surface area contributed by atoms with E-state index in [1.54, 1.807) is 0 Å². The first-order valence-electron chi connectivity index (χ1n) is 5.05. The Labute approximate surface area is 105 Å². The minimum absolute atomic E-state index is 0.264. The number of thioether (sulfide) groups is 1. The molecule has 0 saturated heterocycles. The van der Waals surface area contributed by atoms with Gasteiger partial charge in [0.25, 0.3) is 0 Å². The van der Waals surface area contributed by atoms with E-state index in [4.69, 9.17) is 0 Å². The number of aryl methyl sites for hydroxylation is 1. The van der Waals surface area contributed by atoms with Crippen LogP contribution in [0, 0.1) is 6.92 Å². The van der Waals surface area contributed by atoms with E-state index in [9.17, 15) is 4.79 Å². The Hall–Kier alpha value is -1.49. The molecule has 1 rings (SSSR count). The summed E-state index contributed by atoms with van der Waals surface area (Å²) in [7, 11) is 2.73. The summed E-state index contributed by atoms with van der Waals surface area (Å²) >= 11 is 1.51. The first-order valence-corrected chi connectivity index (χ1v) is 6.03. The zero-order valence-electron chi connectivity index (χ0n) is 10.1. The monoisotopic (exact) mass is 253 g/mol. The van der Waals surface area contributed by atoms with Crippen LogP contribution in [-0.2, 0) is 14.4 Å². The van der Waals surface area contributed by atoms with Gasteiger partial charge in [-0.2, -0.15) is 0 Å². The number of ether oxygens (including phenoxy) is 1. The van der Waals surface area contributed by atoms with Crippen LogP contribution in [-0.4, -0.2) is 31.7 Å². The van der Waals surface area contributed by atoms with Crippen molar-refractivity contribution in [3.05, 3.63) is 29.8 Å². The van der Waals surface area contributed by atoms with Crippen molar-refractivity contribution < 1.29 is 14.4 Å². The molecule has 1 aromatic rings. The van der Waals surface area contributed by atoms with Crippen molar-refractivity contribution >= 4 is 23.4 Å². The topological polar surface area (TPSA) is 47.9 Å². The van der Waals surface area contributed by atoms with Gasteiger partial charge in [0, 0.05) is 4.90 Å². The van der Waals surface area contributed by atoms with E-state index in [1.807, 2.05) is 31.2 Å². The van der Waals surface area contributed by atoms with Crippen LogP contribution in [0.4, 0.5) is 0 Å². The summed E-state index contributed by atoms with van der Waals surface area (Å²) in [4.78, 5) is 17.0. The van der Waals surface area contributed by atoms with E-state index in [0.29, 0.717) is 5.75 Å². The van der Waals surface area contributed by atoms with Crippen molar-refractivity contribution in [1.29, 1.82) is 0 Å². The fourth-order valence-corrected chi connectivity index (χ4v) is 1.94. The van der Waals surface area contributed by atoms with Crippen molar-refractivity contribution in [1.82, 2.24) is 0 Å². The van der Waals surface area contributed by atoms with Gasteiger partial charge >= 0.3 is 5.97 Å². The van der Waals surface area contributed by atoms with Crippen molar-refractivity contribution in [2.45, 2.75) is 11.8 Å². The smallest absolute Gasteiger partial charge is 0.356 e. The molecule has 5 heteroatoms. The highest BCUT2D eigenvalue weighted by atomic mass is 32.2. The van der Waals surface area contributed by atoms with E-state index in [2.05, 4.69) is 14.7 Å². The molecule has 4 nitrogen and oxygen atoms in total. The highest BCUT2D eigenvalue weighted by Gasteiger charge is 2.13. The molecule has 0 aliphatic heterocycles. The Balaban J connectivity index is 2.61. The third-order valence-corrected chi connectivity index (χ3v) is 3.04. The summed E-state index contributed by atoms with van der Waals surface area (Å²) in [6.45, 7) is 2.03. The molecule has 0 aromatic heterocycles. The first-order chi connectivity index (χ1) is 8.17. The maximum absolute atomic E-state index is 11.3. The molecular formula is C12H15NO3S. The van der Waals surface area contributed by atoms with Crippen molar-refractivity contribution in [3.63, 3.8) is 0 Å². The van der Waals surface area contributed by atoms with Crippen molar-refractivity contribution in [2.75, 3.05) is 20.0 Å². The number of carbonyl (C=O) groups is 1. The van der Waals surface area contributed by atoms with Crippen LogP contribution in [0.15, 0.2) is 34.3 Å². The van der Waals surface area contributed by atoms with E-state index in [1.165, 1.54) is 31.5 Å². The summed E-state index contributed by atoms with van der Waals surface area (Å²) in [5, 5.41) is 3.65. The SMILES string of the molecule is CON=C(CSc1ccc(C)cc1)C(=O)OC. The molecule has 0 bridgehead atoms. The van der Waals surface area contributed by atoms with E-state index < -0.39 is 5.97 Å². The number of rotatable bonds is 5. The molecule has 0 fully saturated rings. The summed E-state index contributed by atoms with van der Waals surface area (Å²) in [5.74, 6) is -0.0460. The van der Waals surface area contributed by atoms with Gasteiger partial charge in [-0.1, -0.05) is 22.9 Å². The molecular weight excluding hydrogens is 238 g/mol. The normalized spacial score (nSPS) is 11.1. The number of oxime groups is 1. The number of hydrogen-bond acceptors (Lipinski definition) is 5. The summed E-state index contributed by atoms with van der Waals surface area (Å²) < 4.78 is 4.61. The molecule has 92 valence electrons. The molecule has 0 aliphatic rings. The van der Waals surface area contributed by atoms with Gasteiger partial charge in [0.2, 0.25) is 0 Å². The Kier molecular flexibility index (Phi) is 5.56. The summed E-state index contributed by atoms with van der Waals surface area (Å²) in [6.07, 6.45) is 0. The van der Waals surface area contributed by atoms with Crippen molar-refractivity contribution in [3.8, 4) is 0 Å². The van der Waals surface area contributed by atoms with Gasteiger partial charge in [-0.25, -0.2) is 4.79 Å². The first kappa shape index (κ1) is 13.6. The van der Waals surface area contributed by atoms with Crippen LogP contribution in [0.5, 0.6) is 0 Å². The lowest BCUT2D eigenvalue weighted by atomic mass is 10.2. The Morgan fingerprint density at radius 3 is 2.47 bits per heavy atom. The average molecular weight is 253 g/mol. The molecule has 0 spiro atoms. The quantitative estimate of drug-likeness (QED) is 0.349. The maximum Gasteiger partial charge on any atom is 0.356 e. The van der Waals surface area contributed by atoms with Crippen LogP contribution in [0.2, 0.25) is 0 Å². The molecule has 0 aliphatic carbocycles. The number of carbonyl (C=O) groups excluding carboxylic acids is 1. The second-order valence-electron chi connectivity index (χ2n) is 3.31. The van der Waals surface area contributed by atoms with Crippen LogP contribution >= 0.6 is 11.8 Å². The predicted octanol–water partition coefficient (Wildman–Crippen LogP) is 2.26. The number of benzene rings is 1. The maximum atomic E-state index is 11.3. The zero-order valence-corrected chi connectivity index (χ0v) is 10.9. The van der Waals surface area contributed by atoms with Gasteiger partial charge in [-0.15, -0.1) is 11.8 Å². The molecule has 1 aromatic carbocycles. The molecule has 0 radical (unpaired) electrons.